The van der Waals surface area contributed by atoms with Crippen LogP contribution in [0.15, 0.2) is 0 Å². The van der Waals surface area contributed by atoms with E-state index in [4.69, 9.17) is 36.3 Å². The van der Waals surface area contributed by atoms with Crippen LogP contribution in [-0.4, -0.2) is 136 Å². The number of nitrogens with zero attached hydrogens (tertiary/aromatic N) is 2. The molecule has 0 aromatic rings. The summed E-state index contributed by atoms with van der Waals surface area (Å²) in [5.74, 6) is 0. The zero-order valence-corrected chi connectivity index (χ0v) is 17.0. The number of hydrogen-bond acceptors (Lipinski definition) is 8. The van der Waals surface area contributed by atoms with E-state index in [0.29, 0.717) is 33.0 Å². The van der Waals surface area contributed by atoms with Gasteiger partial charge in [-0.25, -0.2) is 0 Å². The van der Waals surface area contributed by atoms with Crippen LogP contribution in [0.25, 0.3) is 0 Å². The Bertz CT molecular complexity index is 387. The van der Waals surface area contributed by atoms with Crippen LogP contribution in [0.3, 0.4) is 0 Å². The molecule has 0 spiro atoms. The van der Waals surface area contributed by atoms with Crippen LogP contribution in [0.5, 0.6) is 0 Å². The highest BCUT2D eigenvalue weighted by molar-refractivity contribution is 6.11. The third-order valence-corrected chi connectivity index (χ3v) is 5.01. The van der Waals surface area contributed by atoms with Crippen LogP contribution in [0.2, 0.25) is 0 Å². The molecule has 9 heteroatoms. The molecule has 2 saturated heterocycles. The normalized spacial score (nSPS) is 30.2. The van der Waals surface area contributed by atoms with Crippen molar-refractivity contribution >= 4 is 7.85 Å². The summed E-state index contributed by atoms with van der Waals surface area (Å²) >= 11 is 0. The quantitative estimate of drug-likeness (QED) is 0.302. The van der Waals surface area contributed by atoms with Gasteiger partial charge in [0.2, 0.25) is 0 Å². The molecule has 8 nitrogen and oxygen atoms in total. The molecule has 2 aliphatic heterocycles. The second-order valence-electron chi connectivity index (χ2n) is 7.00. The van der Waals surface area contributed by atoms with Crippen LogP contribution in [0.1, 0.15) is 0 Å². The lowest BCUT2D eigenvalue weighted by atomic mass is 9.93. The van der Waals surface area contributed by atoms with E-state index in [1.54, 1.807) is 14.2 Å². The summed E-state index contributed by atoms with van der Waals surface area (Å²) in [4.78, 5) is 4.79. The highest BCUT2D eigenvalue weighted by Crippen LogP contribution is 2.24. The third-order valence-electron chi connectivity index (χ3n) is 5.01. The Balaban J connectivity index is 1.45. The maximum Gasteiger partial charge on any atom is 0.113 e. The van der Waals surface area contributed by atoms with Crippen LogP contribution in [0.4, 0.5) is 0 Å². The minimum absolute atomic E-state index is 0.213. The van der Waals surface area contributed by atoms with Crippen molar-refractivity contribution in [2.75, 3.05) is 93.6 Å². The number of piperazine rings is 1. The molecule has 4 atom stereocenters. The van der Waals surface area contributed by atoms with Gasteiger partial charge in [0.1, 0.15) is 26.2 Å². The number of hydrogen-bond donors (Lipinski definition) is 0. The van der Waals surface area contributed by atoms with Gasteiger partial charge in [-0.3, -0.25) is 4.90 Å². The lowest BCUT2D eigenvalue weighted by Gasteiger charge is -2.32. The lowest BCUT2D eigenvalue weighted by molar-refractivity contribution is -0.0682. The van der Waals surface area contributed by atoms with Crippen molar-refractivity contribution in [3.8, 4) is 0 Å². The molecule has 0 N–H and O–H groups in total. The van der Waals surface area contributed by atoms with Gasteiger partial charge in [0.15, 0.2) is 0 Å². The van der Waals surface area contributed by atoms with Gasteiger partial charge in [-0.2, -0.15) is 0 Å². The van der Waals surface area contributed by atoms with E-state index in [-0.39, 0.29) is 18.3 Å². The first-order chi connectivity index (χ1) is 13.2. The van der Waals surface area contributed by atoms with E-state index in [0.717, 1.165) is 39.3 Å². The first kappa shape index (κ1) is 23.0. The zero-order chi connectivity index (χ0) is 19.5. The van der Waals surface area contributed by atoms with E-state index >= 15 is 0 Å². The van der Waals surface area contributed by atoms with Crippen LogP contribution in [-0.2, 0) is 28.4 Å². The highest BCUT2D eigenvalue weighted by atomic mass is 16.6. The predicted molar refractivity (Wildman–Crippen MR) is 102 cm³/mol. The second kappa shape index (κ2) is 13.1. The van der Waals surface area contributed by atoms with E-state index < -0.39 is 6.00 Å². The van der Waals surface area contributed by atoms with Crippen molar-refractivity contribution in [3.05, 3.63) is 0 Å². The van der Waals surface area contributed by atoms with E-state index in [1.165, 1.54) is 0 Å². The molecule has 0 amide bonds. The average molecular weight is 386 g/mol. The Labute approximate surface area is 164 Å². The average Bonchev–Trinajstić information content (AvgIpc) is 2.96. The van der Waals surface area contributed by atoms with Gasteiger partial charge in [0.05, 0.1) is 39.6 Å². The van der Waals surface area contributed by atoms with Gasteiger partial charge in [-0.15, -0.1) is 0 Å². The fourth-order valence-electron chi connectivity index (χ4n) is 3.36. The minimum atomic E-state index is -0.520. The van der Waals surface area contributed by atoms with Crippen molar-refractivity contribution < 1.29 is 28.4 Å². The van der Waals surface area contributed by atoms with Gasteiger partial charge in [-0.1, -0.05) is 0 Å². The summed E-state index contributed by atoms with van der Waals surface area (Å²) in [6.45, 7) is 8.72. The summed E-state index contributed by atoms with van der Waals surface area (Å²) in [6, 6.07) is -0.520. The molecule has 2 rings (SSSR count). The Hall–Kier alpha value is -0.255. The van der Waals surface area contributed by atoms with E-state index in [2.05, 4.69) is 16.8 Å². The second-order valence-corrected chi connectivity index (χ2v) is 7.00. The molecule has 0 aliphatic carbocycles. The van der Waals surface area contributed by atoms with Crippen molar-refractivity contribution in [3.63, 3.8) is 0 Å². The van der Waals surface area contributed by atoms with Crippen LogP contribution < -0.4 is 0 Å². The van der Waals surface area contributed by atoms with Gasteiger partial charge in [-0.05, 0) is 7.05 Å². The fraction of sp³-hybridized carbons (Fsp3) is 1.00. The van der Waals surface area contributed by atoms with Crippen LogP contribution >= 0.6 is 0 Å². The number of ether oxygens (including phenoxy) is 6. The summed E-state index contributed by atoms with van der Waals surface area (Å²) in [7, 11) is 11.4. The van der Waals surface area contributed by atoms with Crippen molar-refractivity contribution in [1.82, 2.24) is 9.80 Å². The lowest BCUT2D eigenvalue weighted by Crippen LogP contribution is -2.45. The standard InChI is InChI=1S/C18H35BN2O6/c1-20-4-6-21(7-5-20)8-9-24-10-11-25-12-13-26-17-16(23-3)15(14-22-2)27-18(17)19/h15-18H,4-14H2,1-3H3/t15-,16?,17+,18-/m1/s1. The molecule has 156 valence electrons. The number of methoxy groups -OCH3 is 2. The molecular weight excluding hydrogens is 351 g/mol. The van der Waals surface area contributed by atoms with E-state index in [9.17, 15) is 0 Å². The summed E-state index contributed by atoms with van der Waals surface area (Å²) in [5.41, 5.74) is 0. The SMILES string of the molecule is [B][C@@H]1O[C@H](COC)C(OC)[C@@H]1OCCOCCOCCN1CCN(C)CC1. The summed E-state index contributed by atoms with van der Waals surface area (Å²) in [6.07, 6.45) is -0.772. The smallest absolute Gasteiger partial charge is 0.113 e. The fourth-order valence-corrected chi connectivity index (χ4v) is 3.36. The molecule has 27 heavy (non-hydrogen) atoms. The first-order valence-corrected chi connectivity index (χ1v) is 9.76. The molecule has 2 fully saturated rings. The summed E-state index contributed by atoms with van der Waals surface area (Å²) in [5, 5.41) is 0. The van der Waals surface area contributed by atoms with Crippen molar-refractivity contribution in [2.24, 2.45) is 0 Å². The molecule has 0 saturated carbocycles. The molecule has 2 heterocycles. The topological polar surface area (TPSA) is 61.9 Å². The van der Waals surface area contributed by atoms with Crippen LogP contribution in [0, 0.1) is 0 Å². The van der Waals surface area contributed by atoms with Gasteiger partial charge < -0.3 is 33.3 Å². The summed E-state index contributed by atoms with van der Waals surface area (Å²) < 4.78 is 33.2. The van der Waals surface area contributed by atoms with E-state index in [1.807, 2.05) is 0 Å². The first-order valence-electron chi connectivity index (χ1n) is 9.76. The maximum absolute atomic E-state index is 5.98. The monoisotopic (exact) mass is 386 g/mol. The Kier molecular flexibility index (Phi) is 11.1. The van der Waals surface area contributed by atoms with Crippen molar-refractivity contribution in [1.29, 1.82) is 0 Å². The van der Waals surface area contributed by atoms with Gasteiger partial charge >= 0.3 is 0 Å². The largest absolute Gasteiger partial charge is 0.382 e. The predicted octanol–water partition coefficient (Wildman–Crippen LogP) is -0.793. The molecule has 0 aromatic heterocycles. The molecule has 2 aliphatic rings. The molecule has 0 bridgehead atoms. The van der Waals surface area contributed by atoms with Crippen molar-refractivity contribution in [2.45, 2.75) is 24.3 Å². The molecule has 0 aromatic carbocycles. The van der Waals surface area contributed by atoms with Gasteiger partial charge in [0, 0.05) is 52.9 Å². The molecular formula is C18H35BN2O6. The third kappa shape index (κ3) is 7.94. The Morgan fingerprint density at radius 1 is 0.926 bits per heavy atom. The van der Waals surface area contributed by atoms with Gasteiger partial charge in [0.25, 0.3) is 0 Å². The Morgan fingerprint density at radius 2 is 1.59 bits per heavy atom. The number of rotatable bonds is 13. The molecule has 1 unspecified atom stereocenters. The highest BCUT2D eigenvalue weighted by Gasteiger charge is 2.42. The number of likely N-dealkylation sites (N-methyl/N-ethyl adjacent to an activating group) is 1. The minimum Gasteiger partial charge on any atom is -0.382 e. The Morgan fingerprint density at radius 3 is 2.26 bits per heavy atom. The maximum atomic E-state index is 5.98. The molecule has 2 radical (unpaired) electrons. The zero-order valence-electron chi connectivity index (χ0n) is 17.0.